The fourth-order valence-electron chi connectivity index (χ4n) is 2.89. The van der Waals surface area contributed by atoms with Crippen LogP contribution in [0.5, 0.6) is 5.75 Å². The van der Waals surface area contributed by atoms with Gasteiger partial charge in [-0.3, -0.25) is 0 Å². The topological polar surface area (TPSA) is 80.6 Å². The van der Waals surface area contributed by atoms with Crippen LogP contribution in [-0.4, -0.2) is 20.9 Å². The Morgan fingerprint density at radius 2 is 2.04 bits per heavy atom. The molecule has 4 aromatic rings. The van der Waals surface area contributed by atoms with Crippen LogP contribution in [0.25, 0.3) is 22.0 Å². The van der Waals surface area contributed by atoms with Crippen molar-refractivity contribution in [2.75, 3.05) is 0 Å². The quantitative estimate of drug-likeness (QED) is 0.450. The molecule has 25 heavy (non-hydrogen) atoms. The summed E-state index contributed by atoms with van der Waals surface area (Å²) in [5.74, 6) is 0.483. The summed E-state index contributed by atoms with van der Waals surface area (Å²) in [4.78, 5) is 20.6. The molecule has 0 atom stereocenters. The summed E-state index contributed by atoms with van der Waals surface area (Å²) in [5, 5.41) is 11.0. The van der Waals surface area contributed by atoms with Crippen LogP contribution in [0.2, 0.25) is 0 Å². The van der Waals surface area contributed by atoms with E-state index < -0.39 is 5.63 Å². The summed E-state index contributed by atoms with van der Waals surface area (Å²) in [7, 11) is 1.87. The number of aliphatic imine (C=N–C) groups is 1. The third kappa shape index (κ3) is 2.48. The molecule has 0 unspecified atom stereocenters. The first-order valence-corrected chi connectivity index (χ1v) is 7.76. The van der Waals surface area contributed by atoms with Crippen LogP contribution >= 0.6 is 0 Å². The lowest BCUT2D eigenvalue weighted by Crippen LogP contribution is -2.00. The van der Waals surface area contributed by atoms with Crippen LogP contribution in [-0.2, 0) is 7.05 Å². The molecule has 6 heteroatoms. The van der Waals surface area contributed by atoms with Crippen molar-refractivity contribution in [1.82, 2.24) is 9.55 Å². The van der Waals surface area contributed by atoms with Gasteiger partial charge in [-0.1, -0.05) is 12.1 Å². The highest BCUT2D eigenvalue weighted by atomic mass is 16.4. The highest BCUT2D eigenvalue weighted by Crippen LogP contribution is 2.27. The molecule has 0 saturated heterocycles. The maximum Gasteiger partial charge on any atom is 0.336 e. The molecule has 4 rings (SSSR count). The van der Waals surface area contributed by atoms with Gasteiger partial charge in [-0.2, -0.15) is 0 Å². The summed E-state index contributed by atoms with van der Waals surface area (Å²) in [6.07, 6.45) is 1.47. The average Bonchev–Trinajstić information content (AvgIpc) is 2.90. The monoisotopic (exact) mass is 333 g/mol. The molecule has 0 saturated carbocycles. The van der Waals surface area contributed by atoms with Crippen molar-refractivity contribution in [2.24, 2.45) is 12.0 Å². The Labute approximate surface area is 142 Å². The minimum atomic E-state index is -0.465. The molecule has 124 valence electrons. The zero-order valence-corrected chi connectivity index (χ0v) is 13.7. The molecule has 0 bridgehead atoms. The number of hydrogen-bond acceptors (Lipinski definition) is 5. The number of aryl methyl sites for hydroxylation is 2. The first-order valence-electron chi connectivity index (χ1n) is 7.76. The molecular weight excluding hydrogens is 318 g/mol. The maximum absolute atomic E-state index is 11.7. The van der Waals surface area contributed by atoms with Crippen LogP contribution in [0.4, 0.5) is 5.95 Å². The van der Waals surface area contributed by atoms with E-state index in [0.29, 0.717) is 17.1 Å². The number of para-hydroxylation sites is 2. The molecule has 0 aliphatic rings. The summed E-state index contributed by atoms with van der Waals surface area (Å²) in [5.41, 5.74) is 2.77. The molecule has 2 aromatic carbocycles. The fraction of sp³-hybridized carbons (Fsp3) is 0.105. The van der Waals surface area contributed by atoms with E-state index in [0.717, 1.165) is 22.0 Å². The van der Waals surface area contributed by atoms with E-state index in [1.54, 1.807) is 12.1 Å². The van der Waals surface area contributed by atoms with Gasteiger partial charge in [0.25, 0.3) is 0 Å². The van der Waals surface area contributed by atoms with Crippen LogP contribution in [0.15, 0.2) is 56.7 Å². The van der Waals surface area contributed by atoms with Crippen LogP contribution in [0.1, 0.15) is 11.1 Å². The van der Waals surface area contributed by atoms with E-state index in [2.05, 4.69) is 9.98 Å². The Bertz CT molecular complexity index is 1200. The lowest BCUT2D eigenvalue weighted by molar-refractivity contribution is 0.472. The van der Waals surface area contributed by atoms with Gasteiger partial charge in [0.15, 0.2) is 5.58 Å². The number of nitrogens with zero attached hydrogens (tertiary/aromatic N) is 3. The third-order valence-corrected chi connectivity index (χ3v) is 4.21. The van der Waals surface area contributed by atoms with Crippen LogP contribution in [0, 0.1) is 6.92 Å². The van der Waals surface area contributed by atoms with E-state index in [9.17, 15) is 9.90 Å². The van der Waals surface area contributed by atoms with Crippen molar-refractivity contribution in [2.45, 2.75) is 6.92 Å². The molecule has 0 fully saturated rings. The number of phenolic OH excluding ortho intramolecular Hbond substituents is 1. The van der Waals surface area contributed by atoms with E-state index in [1.807, 2.05) is 42.8 Å². The van der Waals surface area contributed by atoms with Gasteiger partial charge in [0.1, 0.15) is 5.75 Å². The standard InChI is InChI=1S/C19H15N3O3/c1-11-9-17(24)25-18-12(11)7-8-16(23)13(18)10-20-19-21-14-5-3-4-6-15(14)22(19)2/h3-10,23H,1-2H3/b20-10+. The third-order valence-electron chi connectivity index (χ3n) is 4.21. The summed E-state index contributed by atoms with van der Waals surface area (Å²) < 4.78 is 7.15. The van der Waals surface area contributed by atoms with Crippen molar-refractivity contribution in [3.05, 3.63) is 64.0 Å². The normalized spacial score (nSPS) is 11.8. The second kappa shape index (κ2) is 5.59. The van der Waals surface area contributed by atoms with E-state index >= 15 is 0 Å². The fourth-order valence-corrected chi connectivity index (χ4v) is 2.89. The van der Waals surface area contributed by atoms with Crippen molar-refractivity contribution < 1.29 is 9.52 Å². The lowest BCUT2D eigenvalue weighted by Gasteiger charge is -2.05. The van der Waals surface area contributed by atoms with Gasteiger partial charge in [0, 0.05) is 24.7 Å². The van der Waals surface area contributed by atoms with E-state index in [4.69, 9.17) is 4.42 Å². The number of aromatic hydroxyl groups is 1. The van der Waals surface area contributed by atoms with Gasteiger partial charge < -0.3 is 14.1 Å². The van der Waals surface area contributed by atoms with Gasteiger partial charge in [0.05, 0.1) is 16.6 Å². The Hall–Kier alpha value is -3.41. The smallest absolute Gasteiger partial charge is 0.336 e. The van der Waals surface area contributed by atoms with Crippen molar-refractivity contribution in [3.8, 4) is 5.75 Å². The number of aromatic nitrogens is 2. The molecule has 0 amide bonds. The molecule has 6 nitrogen and oxygen atoms in total. The first kappa shape index (κ1) is 15.1. The summed E-state index contributed by atoms with van der Waals surface area (Å²) in [6.45, 7) is 1.82. The zero-order valence-electron chi connectivity index (χ0n) is 13.7. The second-order valence-electron chi connectivity index (χ2n) is 5.84. The largest absolute Gasteiger partial charge is 0.507 e. The molecule has 0 aliphatic carbocycles. The van der Waals surface area contributed by atoms with Gasteiger partial charge >= 0.3 is 5.63 Å². The Morgan fingerprint density at radius 3 is 2.84 bits per heavy atom. The predicted molar refractivity (Wildman–Crippen MR) is 96.9 cm³/mol. The number of rotatable bonds is 2. The zero-order chi connectivity index (χ0) is 17.6. The Kier molecular flexibility index (Phi) is 3.39. The number of imidazole rings is 1. The maximum atomic E-state index is 11.7. The minimum absolute atomic E-state index is 0.0104. The lowest BCUT2D eigenvalue weighted by atomic mass is 10.1. The Balaban J connectivity index is 1.90. The van der Waals surface area contributed by atoms with Crippen molar-refractivity contribution >= 4 is 34.2 Å². The first-order chi connectivity index (χ1) is 12.0. The second-order valence-corrected chi connectivity index (χ2v) is 5.84. The van der Waals surface area contributed by atoms with Gasteiger partial charge in [-0.15, -0.1) is 0 Å². The summed E-state index contributed by atoms with van der Waals surface area (Å²) in [6, 6.07) is 12.4. The van der Waals surface area contributed by atoms with E-state index in [-0.39, 0.29) is 5.75 Å². The highest BCUT2D eigenvalue weighted by molar-refractivity contribution is 6.00. The van der Waals surface area contributed by atoms with Crippen molar-refractivity contribution in [3.63, 3.8) is 0 Å². The number of benzene rings is 2. The predicted octanol–water partition coefficient (Wildman–Crippen LogP) is 3.44. The SMILES string of the molecule is Cc1cc(=O)oc2c(/C=N/c3nc4ccccc4n3C)c(O)ccc12. The summed E-state index contributed by atoms with van der Waals surface area (Å²) >= 11 is 0. The molecule has 2 heterocycles. The number of phenols is 1. The van der Waals surface area contributed by atoms with Gasteiger partial charge in [-0.05, 0) is 36.8 Å². The average molecular weight is 333 g/mol. The molecule has 0 aliphatic heterocycles. The van der Waals surface area contributed by atoms with Crippen molar-refractivity contribution in [1.29, 1.82) is 0 Å². The molecule has 0 radical (unpaired) electrons. The van der Waals surface area contributed by atoms with Gasteiger partial charge in [0.2, 0.25) is 5.95 Å². The minimum Gasteiger partial charge on any atom is -0.507 e. The molecule has 2 aromatic heterocycles. The molecular formula is C19H15N3O3. The number of fused-ring (bicyclic) bond motifs is 2. The van der Waals surface area contributed by atoms with Crippen LogP contribution < -0.4 is 5.63 Å². The number of hydrogen-bond donors (Lipinski definition) is 1. The van der Waals surface area contributed by atoms with Crippen LogP contribution in [0.3, 0.4) is 0 Å². The molecule has 1 N–H and O–H groups in total. The van der Waals surface area contributed by atoms with E-state index in [1.165, 1.54) is 12.3 Å². The van der Waals surface area contributed by atoms with Gasteiger partial charge in [-0.25, -0.2) is 14.8 Å². The Morgan fingerprint density at radius 1 is 1.24 bits per heavy atom. The highest BCUT2D eigenvalue weighted by Gasteiger charge is 2.11. The molecule has 0 spiro atoms.